The molecule has 8 heteroatoms. The van der Waals surface area contributed by atoms with Gasteiger partial charge < -0.3 is 9.15 Å². The van der Waals surface area contributed by atoms with Crippen LogP contribution in [-0.2, 0) is 6.61 Å². The van der Waals surface area contributed by atoms with Crippen molar-refractivity contribution in [3.63, 3.8) is 0 Å². The normalized spacial score (nSPS) is 11.6. The molecule has 0 unspecified atom stereocenters. The molecule has 6 aromatic rings. The first-order valence-electron chi connectivity index (χ1n) is 12.2. The smallest absolute Gasteiger partial charge is 0.282 e. The van der Waals surface area contributed by atoms with Crippen LogP contribution in [-0.4, -0.2) is 15.9 Å². The summed E-state index contributed by atoms with van der Waals surface area (Å²) in [5, 5.41) is 6.41. The molecule has 0 radical (unpaired) electrons. The highest BCUT2D eigenvalue weighted by Gasteiger charge is 2.17. The van der Waals surface area contributed by atoms with Gasteiger partial charge in [0.2, 0.25) is 5.82 Å². The predicted molar refractivity (Wildman–Crippen MR) is 159 cm³/mol. The Labute approximate surface area is 237 Å². The van der Waals surface area contributed by atoms with E-state index in [0.717, 1.165) is 21.0 Å². The second-order valence-electron chi connectivity index (χ2n) is 9.07. The lowest BCUT2D eigenvalue weighted by Crippen LogP contribution is -2.20. The van der Waals surface area contributed by atoms with Crippen molar-refractivity contribution < 1.29 is 9.15 Å². The number of aromatic nitrogens is 2. The van der Waals surface area contributed by atoms with Gasteiger partial charge in [-0.3, -0.25) is 4.79 Å². The van der Waals surface area contributed by atoms with Crippen LogP contribution in [0, 0.1) is 6.92 Å². The Morgan fingerprint density at radius 2 is 1.90 bits per heavy atom. The number of ether oxygens (including phenoxy) is 1. The fraction of sp³-hybridized carbons (Fsp3) is 0.0645. The third kappa shape index (κ3) is 5.24. The Morgan fingerprint density at radius 1 is 1.03 bits per heavy atom. The molecule has 2 aromatic heterocycles. The zero-order chi connectivity index (χ0) is 26.9. The number of rotatable bonds is 6. The molecular formula is C31H21BrClN3O3. The van der Waals surface area contributed by atoms with Crippen LogP contribution in [0.2, 0.25) is 5.02 Å². The fourth-order valence-corrected chi connectivity index (χ4v) is 4.91. The molecule has 0 spiro atoms. The molecule has 39 heavy (non-hydrogen) atoms. The van der Waals surface area contributed by atoms with Gasteiger partial charge in [-0.15, -0.1) is 0 Å². The molecule has 0 saturated carbocycles. The molecule has 192 valence electrons. The number of aryl methyl sites for hydroxylation is 1. The highest BCUT2D eigenvalue weighted by molar-refractivity contribution is 9.10. The highest BCUT2D eigenvalue weighted by atomic mass is 79.9. The Balaban J connectivity index is 1.44. The van der Waals surface area contributed by atoms with Crippen LogP contribution in [0.3, 0.4) is 0 Å². The molecule has 0 aliphatic heterocycles. The third-order valence-corrected chi connectivity index (χ3v) is 6.94. The maximum absolute atomic E-state index is 13.6. The van der Waals surface area contributed by atoms with Gasteiger partial charge in [0.1, 0.15) is 17.9 Å². The lowest BCUT2D eigenvalue weighted by molar-refractivity contribution is 0.305. The quantitative estimate of drug-likeness (QED) is 0.182. The Kier molecular flexibility index (Phi) is 6.77. The van der Waals surface area contributed by atoms with Crippen LogP contribution in [0.25, 0.3) is 33.5 Å². The number of hydrogen-bond acceptors (Lipinski definition) is 5. The predicted octanol–water partition coefficient (Wildman–Crippen LogP) is 8.00. The maximum Gasteiger partial charge on any atom is 0.282 e. The van der Waals surface area contributed by atoms with E-state index in [1.54, 1.807) is 42.6 Å². The maximum atomic E-state index is 13.6. The van der Waals surface area contributed by atoms with Crippen molar-refractivity contribution >= 4 is 55.6 Å². The SMILES string of the molecule is Cc1cccc(COc2ccc(Cl)cc2C=Nn2c(-c3cc4cc(Br)ccc4o3)nc3ccccc3c2=O)c1. The van der Waals surface area contributed by atoms with Crippen LogP contribution < -0.4 is 10.3 Å². The van der Waals surface area contributed by atoms with Gasteiger partial charge in [-0.25, -0.2) is 4.98 Å². The van der Waals surface area contributed by atoms with Crippen LogP contribution >= 0.6 is 27.5 Å². The summed E-state index contributed by atoms with van der Waals surface area (Å²) in [6.07, 6.45) is 1.55. The fourth-order valence-electron chi connectivity index (χ4n) is 4.35. The van der Waals surface area contributed by atoms with Crippen LogP contribution in [0.1, 0.15) is 16.7 Å². The van der Waals surface area contributed by atoms with E-state index in [0.29, 0.717) is 45.2 Å². The van der Waals surface area contributed by atoms with Crippen LogP contribution in [0.15, 0.2) is 110 Å². The van der Waals surface area contributed by atoms with E-state index in [9.17, 15) is 4.79 Å². The molecular weight excluding hydrogens is 578 g/mol. The van der Waals surface area contributed by atoms with Crippen LogP contribution in [0.5, 0.6) is 5.75 Å². The van der Waals surface area contributed by atoms with E-state index in [1.165, 1.54) is 4.68 Å². The Morgan fingerprint density at radius 3 is 2.77 bits per heavy atom. The number of halogens is 2. The van der Waals surface area contributed by atoms with E-state index in [-0.39, 0.29) is 11.4 Å². The van der Waals surface area contributed by atoms with Crippen molar-refractivity contribution in [2.24, 2.45) is 5.10 Å². The minimum Gasteiger partial charge on any atom is -0.488 e. The first kappa shape index (κ1) is 25.1. The summed E-state index contributed by atoms with van der Waals surface area (Å²) in [5.41, 5.74) is 3.72. The largest absolute Gasteiger partial charge is 0.488 e. The molecule has 6 rings (SSSR count). The van der Waals surface area contributed by atoms with Crippen molar-refractivity contribution in [3.8, 4) is 17.3 Å². The number of para-hydroxylation sites is 1. The van der Waals surface area contributed by atoms with Gasteiger partial charge in [-0.05, 0) is 67.1 Å². The minimum atomic E-state index is -0.322. The molecule has 0 amide bonds. The molecule has 0 fully saturated rings. The van der Waals surface area contributed by atoms with Crippen molar-refractivity contribution in [2.45, 2.75) is 13.5 Å². The Hall–Kier alpha value is -4.20. The standard InChI is InChI=1S/C31H21BrClN3O3/c1-19-5-4-6-20(13-19)18-38-27-12-10-24(33)15-22(27)17-34-36-30(35-26-8-3-2-7-25(26)31(36)37)29-16-21-14-23(32)9-11-28(21)39-29/h2-17H,18H2,1H3. The molecule has 6 nitrogen and oxygen atoms in total. The second-order valence-corrected chi connectivity index (χ2v) is 10.4. The summed E-state index contributed by atoms with van der Waals surface area (Å²) in [6, 6.07) is 28.1. The first-order chi connectivity index (χ1) is 18.9. The number of hydrogen-bond donors (Lipinski definition) is 0. The average molecular weight is 599 g/mol. The van der Waals surface area contributed by atoms with E-state index >= 15 is 0 Å². The highest BCUT2D eigenvalue weighted by Crippen LogP contribution is 2.29. The number of nitrogens with zero attached hydrogens (tertiary/aromatic N) is 3. The molecule has 0 bridgehead atoms. The summed E-state index contributed by atoms with van der Waals surface area (Å²) < 4.78 is 14.4. The Bertz CT molecular complexity index is 1940. The average Bonchev–Trinajstić information content (AvgIpc) is 3.35. The second kappa shape index (κ2) is 10.5. The molecule has 0 N–H and O–H groups in total. The molecule has 0 aliphatic rings. The van der Waals surface area contributed by atoms with Gasteiger partial charge in [-0.1, -0.05) is 69.5 Å². The zero-order valence-corrected chi connectivity index (χ0v) is 23.1. The van der Waals surface area contributed by atoms with Crippen molar-refractivity contribution in [1.29, 1.82) is 0 Å². The molecule has 0 saturated heterocycles. The van der Waals surface area contributed by atoms with Gasteiger partial charge in [0.15, 0.2) is 5.76 Å². The lowest BCUT2D eigenvalue weighted by atomic mass is 10.1. The zero-order valence-electron chi connectivity index (χ0n) is 20.8. The summed E-state index contributed by atoms with van der Waals surface area (Å²) in [6.45, 7) is 2.42. The summed E-state index contributed by atoms with van der Waals surface area (Å²) in [5.74, 6) is 1.29. The van der Waals surface area contributed by atoms with Gasteiger partial charge in [0, 0.05) is 20.4 Å². The number of furan rings is 1. The summed E-state index contributed by atoms with van der Waals surface area (Å²) in [7, 11) is 0. The van der Waals surface area contributed by atoms with Crippen molar-refractivity contribution in [1.82, 2.24) is 9.66 Å². The van der Waals surface area contributed by atoms with E-state index in [1.807, 2.05) is 55.5 Å². The monoisotopic (exact) mass is 597 g/mol. The molecule has 0 aliphatic carbocycles. The summed E-state index contributed by atoms with van der Waals surface area (Å²) in [4.78, 5) is 18.4. The first-order valence-corrected chi connectivity index (χ1v) is 13.4. The van der Waals surface area contributed by atoms with Gasteiger partial charge in [0.05, 0.1) is 17.1 Å². The van der Waals surface area contributed by atoms with Gasteiger partial charge in [-0.2, -0.15) is 9.78 Å². The molecule has 0 atom stereocenters. The van der Waals surface area contributed by atoms with Gasteiger partial charge in [0.25, 0.3) is 5.56 Å². The van der Waals surface area contributed by atoms with Crippen LogP contribution in [0.4, 0.5) is 0 Å². The topological polar surface area (TPSA) is 69.6 Å². The summed E-state index contributed by atoms with van der Waals surface area (Å²) >= 11 is 9.81. The van der Waals surface area contributed by atoms with Crippen molar-refractivity contribution in [3.05, 3.63) is 128 Å². The van der Waals surface area contributed by atoms with E-state index in [4.69, 9.17) is 25.7 Å². The van der Waals surface area contributed by atoms with Crippen molar-refractivity contribution in [2.75, 3.05) is 0 Å². The molecule has 4 aromatic carbocycles. The van der Waals surface area contributed by atoms with Gasteiger partial charge >= 0.3 is 0 Å². The third-order valence-electron chi connectivity index (χ3n) is 6.21. The minimum absolute atomic E-state index is 0.284. The van der Waals surface area contributed by atoms with E-state index in [2.05, 4.69) is 27.1 Å². The van der Waals surface area contributed by atoms with E-state index < -0.39 is 0 Å². The lowest BCUT2D eigenvalue weighted by Gasteiger charge is -2.11. The molecule has 2 heterocycles. The number of fused-ring (bicyclic) bond motifs is 2. The number of benzene rings is 4.